The molecule has 4 nitrogen and oxygen atoms in total. The Kier molecular flexibility index (Phi) is 3.81. The quantitative estimate of drug-likeness (QED) is 0.770. The number of hydrogen-bond donors (Lipinski definition) is 1. The van der Waals surface area contributed by atoms with E-state index in [1.54, 1.807) is 0 Å². The smallest absolute Gasteiger partial charge is 0.257 e. The third-order valence-corrected chi connectivity index (χ3v) is 3.96. The molecular formula is C17H16N2O2S. The topological polar surface area (TPSA) is 55.1 Å². The zero-order chi connectivity index (χ0) is 15.7. The lowest BCUT2D eigenvalue weighted by molar-refractivity contribution is 0.102. The van der Waals surface area contributed by atoms with Crippen LogP contribution in [0.5, 0.6) is 0 Å². The van der Waals surface area contributed by atoms with Crippen molar-refractivity contribution >= 4 is 22.4 Å². The molecule has 0 unspecified atom stereocenters. The summed E-state index contributed by atoms with van der Waals surface area (Å²) in [7, 11) is 0. The second-order valence-corrected chi connectivity index (χ2v) is 6.14. The van der Waals surface area contributed by atoms with E-state index in [-0.39, 0.29) is 5.91 Å². The number of amides is 1. The summed E-state index contributed by atoms with van der Waals surface area (Å²) >= 11 is 1.38. The van der Waals surface area contributed by atoms with Crippen molar-refractivity contribution < 1.29 is 9.21 Å². The fourth-order valence-electron chi connectivity index (χ4n) is 2.29. The third kappa shape index (κ3) is 3.09. The molecule has 0 saturated carbocycles. The van der Waals surface area contributed by atoms with E-state index in [0.29, 0.717) is 16.5 Å². The van der Waals surface area contributed by atoms with Crippen molar-refractivity contribution in [3.8, 4) is 11.5 Å². The molecule has 1 aromatic carbocycles. The van der Waals surface area contributed by atoms with Gasteiger partial charge in [0.05, 0.1) is 0 Å². The molecule has 0 aliphatic carbocycles. The normalized spacial score (nSPS) is 10.7. The number of hydrogen-bond acceptors (Lipinski definition) is 4. The number of aromatic nitrogens is 1. The average Bonchev–Trinajstić information content (AvgIpc) is 3.06. The first kappa shape index (κ1) is 14.5. The molecule has 0 radical (unpaired) electrons. The highest BCUT2D eigenvalue weighted by molar-refractivity contribution is 7.14. The highest BCUT2D eigenvalue weighted by Gasteiger charge is 2.12. The van der Waals surface area contributed by atoms with E-state index in [1.165, 1.54) is 11.3 Å². The first-order valence-corrected chi connectivity index (χ1v) is 7.81. The van der Waals surface area contributed by atoms with Crippen molar-refractivity contribution in [1.82, 2.24) is 4.98 Å². The van der Waals surface area contributed by atoms with Crippen molar-refractivity contribution in [3.63, 3.8) is 0 Å². The van der Waals surface area contributed by atoms with Gasteiger partial charge in [-0.25, -0.2) is 4.98 Å². The number of anilines is 1. The van der Waals surface area contributed by atoms with E-state index < -0.39 is 0 Å². The van der Waals surface area contributed by atoms with Gasteiger partial charge in [-0.2, -0.15) is 0 Å². The highest BCUT2D eigenvalue weighted by atomic mass is 32.1. The molecule has 112 valence electrons. The molecule has 0 saturated heterocycles. The lowest BCUT2D eigenvalue weighted by Gasteiger charge is -2.04. The van der Waals surface area contributed by atoms with Gasteiger partial charge in [0.15, 0.2) is 10.9 Å². The second kappa shape index (κ2) is 5.77. The van der Waals surface area contributed by atoms with Crippen LogP contribution in [-0.2, 0) is 0 Å². The number of nitrogens with zero attached hydrogens (tertiary/aromatic N) is 1. The highest BCUT2D eigenvalue weighted by Crippen LogP contribution is 2.26. The van der Waals surface area contributed by atoms with Gasteiger partial charge in [-0.1, -0.05) is 17.2 Å². The lowest BCUT2D eigenvalue weighted by Crippen LogP contribution is -2.12. The summed E-state index contributed by atoms with van der Waals surface area (Å²) in [4.78, 5) is 16.7. The molecule has 0 aliphatic heterocycles. The van der Waals surface area contributed by atoms with Crippen LogP contribution in [0.4, 0.5) is 5.13 Å². The van der Waals surface area contributed by atoms with Crippen LogP contribution in [0.3, 0.4) is 0 Å². The van der Waals surface area contributed by atoms with Crippen LogP contribution in [0.1, 0.15) is 27.2 Å². The molecule has 3 aromatic rings. The summed E-state index contributed by atoms with van der Waals surface area (Å²) in [6, 6.07) is 9.54. The van der Waals surface area contributed by atoms with Gasteiger partial charge >= 0.3 is 0 Å². The van der Waals surface area contributed by atoms with Crippen LogP contribution in [0.25, 0.3) is 11.5 Å². The Bertz CT molecular complexity index is 813. The summed E-state index contributed by atoms with van der Waals surface area (Å²) in [5.41, 5.74) is 3.50. The maximum atomic E-state index is 12.3. The van der Waals surface area contributed by atoms with Crippen LogP contribution >= 0.6 is 11.3 Å². The van der Waals surface area contributed by atoms with Crippen LogP contribution in [-0.4, -0.2) is 10.9 Å². The predicted octanol–water partition coefficient (Wildman–Crippen LogP) is 4.58. The molecule has 5 heteroatoms. The van der Waals surface area contributed by atoms with Crippen molar-refractivity contribution in [2.24, 2.45) is 0 Å². The van der Waals surface area contributed by atoms with Crippen molar-refractivity contribution in [2.75, 3.05) is 5.32 Å². The monoisotopic (exact) mass is 312 g/mol. The number of nitrogens with one attached hydrogen (secondary N) is 1. The Morgan fingerprint density at radius 3 is 2.50 bits per heavy atom. The molecule has 2 aromatic heterocycles. The molecule has 1 N–H and O–H groups in total. The molecule has 1 amide bonds. The number of thiazole rings is 1. The van der Waals surface area contributed by atoms with E-state index in [4.69, 9.17) is 4.42 Å². The van der Waals surface area contributed by atoms with E-state index in [1.807, 2.05) is 56.5 Å². The number of aryl methyl sites for hydroxylation is 3. The zero-order valence-electron chi connectivity index (χ0n) is 12.6. The summed E-state index contributed by atoms with van der Waals surface area (Å²) in [5, 5.41) is 5.27. The first-order valence-electron chi connectivity index (χ1n) is 6.93. The van der Waals surface area contributed by atoms with Gasteiger partial charge in [0, 0.05) is 10.9 Å². The molecule has 0 aliphatic rings. The van der Waals surface area contributed by atoms with Gasteiger partial charge in [0.1, 0.15) is 11.5 Å². The van der Waals surface area contributed by atoms with Gasteiger partial charge in [0.25, 0.3) is 5.91 Å². The molecule has 0 fully saturated rings. The van der Waals surface area contributed by atoms with Gasteiger partial charge in [-0.15, -0.1) is 11.3 Å². The van der Waals surface area contributed by atoms with Gasteiger partial charge in [-0.05, 0) is 45.0 Å². The Morgan fingerprint density at radius 2 is 1.86 bits per heavy atom. The Labute approximate surface area is 132 Å². The molecular weight excluding hydrogens is 296 g/mol. The number of carbonyl (C=O) groups excluding carboxylic acids is 1. The largest absolute Gasteiger partial charge is 0.460 e. The molecule has 0 bridgehead atoms. The number of benzene rings is 1. The molecule has 0 spiro atoms. The molecule has 0 atom stereocenters. The third-order valence-electron chi connectivity index (χ3n) is 3.20. The predicted molar refractivity (Wildman–Crippen MR) is 88.4 cm³/mol. The first-order chi connectivity index (χ1) is 10.5. The standard InChI is InChI=1S/C17H16N2O2S/c1-10-6-11(2)8-13(7-10)16(20)19-17-18-14(9-22-17)15-5-4-12(3)21-15/h4-9H,1-3H3,(H,18,19,20). The Hall–Kier alpha value is -2.40. The Balaban J connectivity index is 1.78. The van der Waals surface area contributed by atoms with E-state index >= 15 is 0 Å². The van der Waals surface area contributed by atoms with Gasteiger partial charge in [0.2, 0.25) is 0 Å². The Morgan fingerprint density at radius 1 is 1.14 bits per heavy atom. The fourth-order valence-corrected chi connectivity index (χ4v) is 2.99. The molecule has 3 rings (SSSR count). The number of furan rings is 1. The van der Waals surface area contributed by atoms with Gasteiger partial charge < -0.3 is 4.42 Å². The van der Waals surface area contributed by atoms with E-state index in [0.717, 1.165) is 22.6 Å². The number of carbonyl (C=O) groups is 1. The number of rotatable bonds is 3. The lowest BCUT2D eigenvalue weighted by atomic mass is 10.1. The van der Waals surface area contributed by atoms with Crippen molar-refractivity contribution in [3.05, 3.63) is 58.2 Å². The van der Waals surface area contributed by atoms with Crippen molar-refractivity contribution in [1.29, 1.82) is 0 Å². The minimum Gasteiger partial charge on any atom is -0.460 e. The van der Waals surface area contributed by atoms with E-state index in [9.17, 15) is 4.79 Å². The van der Waals surface area contributed by atoms with Crippen LogP contribution in [0, 0.1) is 20.8 Å². The SMILES string of the molecule is Cc1cc(C)cc(C(=O)Nc2nc(-c3ccc(C)o3)cs2)c1. The van der Waals surface area contributed by atoms with Crippen LogP contribution < -0.4 is 5.32 Å². The average molecular weight is 312 g/mol. The zero-order valence-corrected chi connectivity index (χ0v) is 13.5. The summed E-state index contributed by atoms with van der Waals surface area (Å²) in [6.07, 6.45) is 0. The van der Waals surface area contributed by atoms with Gasteiger partial charge in [-0.3, -0.25) is 10.1 Å². The fraction of sp³-hybridized carbons (Fsp3) is 0.176. The minimum atomic E-state index is -0.150. The maximum absolute atomic E-state index is 12.3. The van der Waals surface area contributed by atoms with E-state index in [2.05, 4.69) is 10.3 Å². The van der Waals surface area contributed by atoms with Crippen LogP contribution in [0.2, 0.25) is 0 Å². The van der Waals surface area contributed by atoms with Crippen LogP contribution in [0.15, 0.2) is 40.1 Å². The maximum Gasteiger partial charge on any atom is 0.257 e. The summed E-state index contributed by atoms with van der Waals surface area (Å²) in [6.45, 7) is 5.84. The molecule has 2 heterocycles. The summed E-state index contributed by atoms with van der Waals surface area (Å²) < 4.78 is 5.54. The van der Waals surface area contributed by atoms with Crippen molar-refractivity contribution in [2.45, 2.75) is 20.8 Å². The molecule has 22 heavy (non-hydrogen) atoms. The second-order valence-electron chi connectivity index (χ2n) is 5.28. The summed E-state index contributed by atoms with van der Waals surface area (Å²) in [5.74, 6) is 1.40. The minimum absolute atomic E-state index is 0.150.